The Morgan fingerprint density at radius 3 is 2.43 bits per heavy atom. The number of nitrogens with one attached hydrogen (secondary N) is 1. The van der Waals surface area contributed by atoms with E-state index < -0.39 is 17.9 Å². The number of hydrogen-bond donors (Lipinski definition) is 3. The van der Waals surface area contributed by atoms with Gasteiger partial charge in [0.2, 0.25) is 5.91 Å². The fraction of sp³-hybridized carbons (Fsp3) is 0.192. The molecular weight excluding hydrogens is 480 g/mol. The molecule has 1 atom stereocenters. The molecule has 0 radical (unpaired) electrons. The van der Waals surface area contributed by atoms with Crippen molar-refractivity contribution >= 4 is 29.3 Å². The van der Waals surface area contributed by atoms with Crippen molar-refractivity contribution in [1.29, 1.82) is 10.7 Å². The van der Waals surface area contributed by atoms with Gasteiger partial charge >= 0.3 is 0 Å². The highest BCUT2D eigenvalue weighted by molar-refractivity contribution is 6.11. The number of hydrogen-bond acceptors (Lipinski definition) is 6. The van der Waals surface area contributed by atoms with Crippen LogP contribution in [-0.4, -0.2) is 35.2 Å². The molecule has 0 bridgehead atoms. The van der Waals surface area contributed by atoms with Gasteiger partial charge in [-0.3, -0.25) is 24.8 Å². The Bertz CT molecular complexity index is 1540. The van der Waals surface area contributed by atoms with Gasteiger partial charge in [-0.15, -0.1) is 0 Å². The zero-order valence-corrected chi connectivity index (χ0v) is 19.6. The van der Waals surface area contributed by atoms with Crippen molar-refractivity contribution in [3.63, 3.8) is 0 Å². The van der Waals surface area contributed by atoms with Crippen LogP contribution in [0.2, 0.25) is 0 Å². The molecule has 3 heterocycles. The van der Waals surface area contributed by atoms with E-state index in [4.69, 9.17) is 16.9 Å². The second-order valence-corrected chi connectivity index (χ2v) is 9.02. The van der Waals surface area contributed by atoms with E-state index in [0.717, 1.165) is 6.92 Å². The van der Waals surface area contributed by atoms with Crippen molar-refractivity contribution in [1.82, 2.24) is 4.98 Å². The molecule has 1 fully saturated rings. The summed E-state index contributed by atoms with van der Waals surface area (Å²) >= 11 is 0. The number of carbonyl (C=O) groups excluding carboxylic acids is 2. The maximum absolute atomic E-state index is 14.3. The number of rotatable bonds is 5. The number of carbonyl (C=O) groups is 2. The Morgan fingerprint density at radius 1 is 1.14 bits per heavy atom. The normalized spacial score (nSPS) is 16.9. The molecule has 9 nitrogen and oxygen atoms in total. The first-order valence-corrected chi connectivity index (χ1v) is 11.3. The first kappa shape index (κ1) is 24.0. The van der Waals surface area contributed by atoms with Gasteiger partial charge in [0.1, 0.15) is 23.5 Å². The standard InChI is InChI=1S/C26H21F2N7O2/c1-26(27,28)19-4-2-3-16-18(19)11-34(24(16)36)21-8-14(9-22(33-21)35-12-20(30)25(35)37)17-7-13(10-29)5-6-15(17)23(31)32/h2-9,20H,11-12,30H2,1H3,(H3,31,32)/t20-/m0/s1. The molecule has 1 aromatic heterocycles. The quantitative estimate of drug-likeness (QED) is 0.278. The van der Waals surface area contributed by atoms with E-state index >= 15 is 0 Å². The smallest absolute Gasteiger partial charge is 0.270 e. The molecule has 1 saturated heterocycles. The molecule has 3 aromatic rings. The predicted molar refractivity (Wildman–Crippen MR) is 132 cm³/mol. The minimum absolute atomic E-state index is 0.115. The van der Waals surface area contributed by atoms with Crippen molar-refractivity contribution in [3.8, 4) is 17.2 Å². The summed E-state index contributed by atoms with van der Waals surface area (Å²) < 4.78 is 28.6. The van der Waals surface area contributed by atoms with Gasteiger partial charge in [0.25, 0.3) is 11.8 Å². The summed E-state index contributed by atoms with van der Waals surface area (Å²) in [6, 6.07) is 13.3. The Kier molecular flexibility index (Phi) is 5.49. The first-order valence-electron chi connectivity index (χ1n) is 11.3. The number of nitrogen functional groups attached to an aromatic ring is 1. The SMILES string of the molecule is CC(F)(F)c1cccc2c1CN(c1cc(-c3cc(C#N)ccc3C(=N)N)cc(N3C[C@H](N)C3=O)n1)C2=O. The number of halogens is 2. The van der Waals surface area contributed by atoms with Gasteiger partial charge in [0.15, 0.2) is 0 Å². The Hall–Kier alpha value is -4.69. The molecule has 5 N–H and O–H groups in total. The monoisotopic (exact) mass is 501 g/mol. The highest BCUT2D eigenvalue weighted by atomic mass is 19.3. The molecule has 2 aliphatic heterocycles. The second-order valence-electron chi connectivity index (χ2n) is 9.02. The van der Waals surface area contributed by atoms with Crippen molar-refractivity contribution in [2.45, 2.75) is 25.4 Å². The highest BCUT2D eigenvalue weighted by Crippen LogP contribution is 2.39. The van der Waals surface area contributed by atoms with Gasteiger partial charge in [-0.05, 0) is 53.1 Å². The van der Waals surface area contributed by atoms with Crippen LogP contribution in [0, 0.1) is 16.7 Å². The van der Waals surface area contributed by atoms with Crippen LogP contribution in [0.15, 0.2) is 48.5 Å². The summed E-state index contributed by atoms with van der Waals surface area (Å²) in [7, 11) is 0. The predicted octanol–water partition coefficient (Wildman–Crippen LogP) is 2.85. The number of amides is 2. The van der Waals surface area contributed by atoms with Crippen molar-refractivity contribution in [2.24, 2.45) is 11.5 Å². The number of amidine groups is 1. The third kappa shape index (κ3) is 3.97. The summed E-state index contributed by atoms with van der Waals surface area (Å²) in [6.07, 6.45) is 0. The number of alkyl halides is 2. The third-order valence-corrected chi connectivity index (χ3v) is 6.50. The number of nitrogens with zero attached hydrogens (tertiary/aromatic N) is 4. The van der Waals surface area contributed by atoms with E-state index in [0.29, 0.717) is 22.3 Å². The molecular formula is C26H21F2N7O2. The summed E-state index contributed by atoms with van der Waals surface area (Å²) in [4.78, 5) is 32.9. The zero-order chi connectivity index (χ0) is 26.6. The number of pyridine rings is 1. The summed E-state index contributed by atoms with van der Waals surface area (Å²) in [5.41, 5.74) is 13.1. The number of benzene rings is 2. The van der Waals surface area contributed by atoms with Crippen LogP contribution in [0.4, 0.5) is 20.4 Å². The topological polar surface area (TPSA) is 153 Å². The molecule has 0 saturated carbocycles. The summed E-state index contributed by atoms with van der Waals surface area (Å²) in [5, 5.41) is 17.4. The lowest BCUT2D eigenvalue weighted by atomic mass is 9.96. The van der Waals surface area contributed by atoms with Gasteiger partial charge in [0, 0.05) is 23.6 Å². The molecule has 0 spiro atoms. The van der Waals surface area contributed by atoms with Crippen LogP contribution >= 0.6 is 0 Å². The molecule has 2 aromatic carbocycles. The van der Waals surface area contributed by atoms with Gasteiger partial charge in [0.05, 0.1) is 24.7 Å². The van der Waals surface area contributed by atoms with Gasteiger partial charge < -0.3 is 11.5 Å². The second kappa shape index (κ2) is 8.46. The Morgan fingerprint density at radius 2 is 1.84 bits per heavy atom. The Balaban J connectivity index is 1.68. The van der Waals surface area contributed by atoms with E-state index in [1.54, 1.807) is 18.2 Å². The molecule has 0 aliphatic carbocycles. The zero-order valence-electron chi connectivity index (χ0n) is 19.6. The number of β-lactam (4-membered cyclic amide) rings is 1. The van der Waals surface area contributed by atoms with Gasteiger partial charge in [-0.1, -0.05) is 12.1 Å². The van der Waals surface area contributed by atoms with Crippen molar-refractivity contribution in [2.75, 3.05) is 16.3 Å². The first-order chi connectivity index (χ1) is 17.5. The highest BCUT2D eigenvalue weighted by Gasteiger charge is 2.39. The molecule has 11 heteroatoms. The van der Waals surface area contributed by atoms with Crippen LogP contribution in [-0.2, 0) is 17.3 Å². The van der Waals surface area contributed by atoms with Crippen molar-refractivity contribution < 1.29 is 18.4 Å². The Labute approximate surface area is 210 Å². The molecule has 2 amide bonds. The fourth-order valence-electron chi connectivity index (χ4n) is 4.61. The molecule has 37 heavy (non-hydrogen) atoms. The van der Waals surface area contributed by atoms with Gasteiger partial charge in [-0.25, -0.2) is 13.8 Å². The maximum atomic E-state index is 14.3. The number of nitrogens with two attached hydrogens (primary N) is 2. The number of nitriles is 1. The van der Waals surface area contributed by atoms with E-state index in [9.17, 15) is 23.6 Å². The third-order valence-electron chi connectivity index (χ3n) is 6.50. The average molecular weight is 501 g/mol. The van der Waals surface area contributed by atoms with Crippen LogP contribution in [0.25, 0.3) is 11.1 Å². The van der Waals surface area contributed by atoms with E-state index in [-0.39, 0.29) is 53.2 Å². The average Bonchev–Trinajstić information content (AvgIpc) is 3.22. The minimum atomic E-state index is -3.16. The number of aromatic nitrogens is 1. The molecule has 0 unspecified atom stereocenters. The van der Waals surface area contributed by atoms with E-state index in [1.807, 2.05) is 6.07 Å². The van der Waals surface area contributed by atoms with Crippen LogP contribution in [0.1, 0.15) is 39.5 Å². The van der Waals surface area contributed by atoms with Crippen LogP contribution in [0.3, 0.4) is 0 Å². The maximum Gasteiger partial charge on any atom is 0.270 e. The lowest BCUT2D eigenvalue weighted by Crippen LogP contribution is -2.61. The van der Waals surface area contributed by atoms with E-state index in [1.165, 1.54) is 40.1 Å². The lowest BCUT2D eigenvalue weighted by molar-refractivity contribution is -0.123. The number of anilines is 2. The van der Waals surface area contributed by atoms with Gasteiger partial charge in [-0.2, -0.15) is 5.26 Å². The fourth-order valence-corrected chi connectivity index (χ4v) is 4.61. The lowest BCUT2D eigenvalue weighted by Gasteiger charge is -2.35. The van der Waals surface area contributed by atoms with E-state index in [2.05, 4.69) is 4.98 Å². The minimum Gasteiger partial charge on any atom is -0.384 e. The molecule has 5 rings (SSSR count). The molecule has 186 valence electrons. The summed E-state index contributed by atoms with van der Waals surface area (Å²) in [5.74, 6) is -3.97. The van der Waals surface area contributed by atoms with Crippen molar-refractivity contribution in [3.05, 3.63) is 76.3 Å². The summed E-state index contributed by atoms with van der Waals surface area (Å²) in [6.45, 7) is 0.832. The van der Waals surface area contributed by atoms with Crippen LogP contribution < -0.4 is 21.3 Å². The largest absolute Gasteiger partial charge is 0.384 e. The molecule has 2 aliphatic rings. The number of fused-ring (bicyclic) bond motifs is 1. The van der Waals surface area contributed by atoms with Crippen LogP contribution in [0.5, 0.6) is 0 Å².